The van der Waals surface area contributed by atoms with Gasteiger partial charge in [-0.2, -0.15) is 0 Å². The summed E-state index contributed by atoms with van der Waals surface area (Å²) in [5.41, 5.74) is 0.549. The second kappa shape index (κ2) is 7.29. The van der Waals surface area contributed by atoms with Crippen LogP contribution in [0.2, 0.25) is 5.54 Å². The number of aliphatic hydroxyl groups is 1. The van der Waals surface area contributed by atoms with Crippen molar-refractivity contribution in [3.63, 3.8) is 0 Å². The number of carbonyl (C=O) groups excluding carboxylic acids is 1. The van der Waals surface area contributed by atoms with E-state index < -0.39 is 7.42 Å². The van der Waals surface area contributed by atoms with E-state index >= 15 is 0 Å². The Morgan fingerprint density at radius 3 is 2.88 bits per heavy atom. The quantitative estimate of drug-likeness (QED) is 0.553. The SMILES string of the molecule is CCCC(CCN1CCNC1=O)[Si](Br)CO. The number of halogens is 1. The Morgan fingerprint density at radius 1 is 1.62 bits per heavy atom. The summed E-state index contributed by atoms with van der Waals surface area (Å²) in [7, 11) is -0.829. The second-order valence-electron chi connectivity index (χ2n) is 4.10. The van der Waals surface area contributed by atoms with Gasteiger partial charge < -0.3 is 15.3 Å². The van der Waals surface area contributed by atoms with E-state index in [2.05, 4.69) is 27.5 Å². The molecule has 1 atom stereocenters. The molecule has 0 aliphatic carbocycles. The van der Waals surface area contributed by atoms with E-state index in [0.717, 1.165) is 38.9 Å². The molecule has 1 aliphatic heterocycles. The van der Waals surface area contributed by atoms with Gasteiger partial charge in [0.25, 0.3) is 0 Å². The van der Waals surface area contributed by atoms with Crippen LogP contribution in [0.5, 0.6) is 0 Å². The monoisotopic (exact) mass is 307 g/mol. The first-order valence-corrected chi connectivity index (χ1v) is 9.88. The molecule has 1 unspecified atom stereocenters. The highest BCUT2D eigenvalue weighted by Crippen LogP contribution is 2.25. The summed E-state index contributed by atoms with van der Waals surface area (Å²) in [6.45, 7) is 4.57. The molecule has 0 aromatic heterocycles. The normalized spacial score (nSPS) is 18.0. The van der Waals surface area contributed by atoms with Gasteiger partial charge in [-0.25, -0.2) is 4.79 Å². The molecule has 0 aromatic carbocycles. The number of amides is 2. The number of hydrogen-bond donors (Lipinski definition) is 2. The topological polar surface area (TPSA) is 52.6 Å². The lowest BCUT2D eigenvalue weighted by molar-refractivity contribution is 0.216. The Labute approximate surface area is 107 Å². The summed E-state index contributed by atoms with van der Waals surface area (Å²) in [6, 6.07) is 0.0580. The van der Waals surface area contributed by atoms with Crippen molar-refractivity contribution in [2.24, 2.45) is 0 Å². The third-order valence-corrected chi connectivity index (χ3v) is 7.38. The van der Waals surface area contributed by atoms with Gasteiger partial charge in [0.1, 0.15) is 0 Å². The minimum Gasteiger partial charge on any atom is -0.399 e. The minimum absolute atomic E-state index is 0.0580. The minimum atomic E-state index is -0.829. The fourth-order valence-corrected chi connectivity index (χ4v) is 4.65. The van der Waals surface area contributed by atoms with E-state index in [9.17, 15) is 9.90 Å². The van der Waals surface area contributed by atoms with E-state index in [1.165, 1.54) is 0 Å². The van der Waals surface area contributed by atoms with Gasteiger partial charge in [-0.3, -0.25) is 0 Å². The summed E-state index contributed by atoms with van der Waals surface area (Å²) in [4.78, 5) is 13.2. The van der Waals surface area contributed by atoms with Gasteiger partial charge >= 0.3 is 6.03 Å². The van der Waals surface area contributed by atoms with Gasteiger partial charge in [0.2, 0.25) is 0 Å². The summed E-state index contributed by atoms with van der Waals surface area (Å²) in [6.07, 6.45) is 3.54. The van der Waals surface area contributed by atoms with Crippen molar-refractivity contribution < 1.29 is 9.90 Å². The molecule has 1 fully saturated rings. The Kier molecular flexibility index (Phi) is 6.38. The van der Waals surface area contributed by atoms with Crippen molar-refractivity contribution in [3.05, 3.63) is 0 Å². The molecule has 2 N–H and O–H groups in total. The predicted octanol–water partition coefficient (Wildman–Crippen LogP) is 1.49. The third kappa shape index (κ3) is 4.07. The zero-order chi connectivity index (χ0) is 12.0. The van der Waals surface area contributed by atoms with Gasteiger partial charge in [-0.1, -0.05) is 19.8 Å². The molecule has 0 aromatic rings. The van der Waals surface area contributed by atoms with Crippen molar-refractivity contribution >= 4 is 28.7 Å². The molecule has 1 saturated heterocycles. The largest absolute Gasteiger partial charge is 0.399 e. The van der Waals surface area contributed by atoms with Crippen LogP contribution >= 0.6 is 15.3 Å². The molecule has 93 valence electrons. The lowest BCUT2D eigenvalue weighted by Crippen LogP contribution is -2.31. The molecule has 4 nitrogen and oxygen atoms in total. The molecule has 1 rings (SSSR count). The second-order valence-corrected chi connectivity index (χ2v) is 9.18. The Morgan fingerprint density at radius 2 is 2.38 bits per heavy atom. The molecule has 6 heteroatoms. The smallest absolute Gasteiger partial charge is 0.317 e. The Bertz CT molecular complexity index is 231. The van der Waals surface area contributed by atoms with Gasteiger partial charge in [-0.15, -0.1) is 15.3 Å². The Balaban J connectivity index is 2.33. The molecule has 0 saturated carbocycles. The number of aliphatic hydroxyl groups excluding tert-OH is 1. The average molecular weight is 308 g/mol. The zero-order valence-corrected chi connectivity index (χ0v) is 12.3. The average Bonchev–Trinajstić information content (AvgIpc) is 2.69. The maximum absolute atomic E-state index is 11.3. The first-order chi connectivity index (χ1) is 7.69. The maximum atomic E-state index is 11.3. The summed E-state index contributed by atoms with van der Waals surface area (Å²) < 4.78 is 0. The lowest BCUT2D eigenvalue weighted by Gasteiger charge is -2.22. The first-order valence-electron chi connectivity index (χ1n) is 5.83. The number of rotatable bonds is 7. The van der Waals surface area contributed by atoms with E-state index in [1.807, 2.05) is 4.90 Å². The van der Waals surface area contributed by atoms with Crippen LogP contribution in [0.25, 0.3) is 0 Å². The summed E-state index contributed by atoms with van der Waals surface area (Å²) >= 11 is 3.60. The van der Waals surface area contributed by atoms with Crippen molar-refractivity contribution in [3.8, 4) is 0 Å². The van der Waals surface area contributed by atoms with E-state index in [1.54, 1.807) is 0 Å². The van der Waals surface area contributed by atoms with Gasteiger partial charge in [-0.05, 0) is 12.0 Å². The van der Waals surface area contributed by atoms with Crippen LogP contribution in [0.1, 0.15) is 26.2 Å². The van der Waals surface area contributed by atoms with Crippen LogP contribution in [0.4, 0.5) is 4.79 Å². The van der Waals surface area contributed by atoms with Crippen LogP contribution in [0, 0.1) is 0 Å². The summed E-state index contributed by atoms with van der Waals surface area (Å²) in [5.74, 6) is 0. The molecular weight excluding hydrogens is 288 g/mol. The van der Waals surface area contributed by atoms with Crippen LogP contribution < -0.4 is 5.32 Å². The van der Waals surface area contributed by atoms with Gasteiger partial charge in [0, 0.05) is 25.9 Å². The van der Waals surface area contributed by atoms with Crippen LogP contribution in [0.3, 0.4) is 0 Å². The number of carbonyl (C=O) groups is 1. The van der Waals surface area contributed by atoms with Crippen LogP contribution in [0.15, 0.2) is 0 Å². The molecule has 0 spiro atoms. The highest BCUT2D eigenvalue weighted by atomic mass is 79.9. The number of nitrogens with zero attached hydrogens (tertiary/aromatic N) is 1. The highest BCUT2D eigenvalue weighted by molar-refractivity contribution is 9.24. The summed E-state index contributed by atoms with van der Waals surface area (Å²) in [5, 5.41) is 12.0. The first kappa shape index (κ1) is 14.0. The lowest BCUT2D eigenvalue weighted by atomic mass is 10.2. The standard InChI is InChI=1S/C10H20BrN2O2Si/c1-2-3-9(16(11)8-14)4-6-13-7-5-12-10(13)15/h9,14H,2-8H2,1H3,(H,12,15). The fraction of sp³-hybridized carbons (Fsp3) is 0.900. The number of nitrogens with one attached hydrogen (secondary N) is 1. The third-order valence-electron chi connectivity index (χ3n) is 2.92. The Hall–Kier alpha value is -0.0731. The van der Waals surface area contributed by atoms with E-state index in [-0.39, 0.29) is 12.3 Å². The van der Waals surface area contributed by atoms with Crippen molar-refractivity contribution in [2.45, 2.75) is 31.7 Å². The van der Waals surface area contributed by atoms with E-state index in [0.29, 0.717) is 5.54 Å². The van der Waals surface area contributed by atoms with E-state index in [4.69, 9.17) is 0 Å². The number of hydrogen-bond acceptors (Lipinski definition) is 2. The van der Waals surface area contributed by atoms with Gasteiger partial charge in [0.15, 0.2) is 7.42 Å². The van der Waals surface area contributed by atoms with Crippen LogP contribution in [-0.2, 0) is 0 Å². The molecule has 0 bridgehead atoms. The predicted molar refractivity (Wildman–Crippen MR) is 70.0 cm³/mol. The number of urea groups is 1. The van der Waals surface area contributed by atoms with Crippen LogP contribution in [-0.4, -0.2) is 49.3 Å². The molecule has 1 heterocycles. The van der Waals surface area contributed by atoms with Gasteiger partial charge in [0.05, 0.1) is 0 Å². The molecule has 16 heavy (non-hydrogen) atoms. The van der Waals surface area contributed by atoms with Crippen molar-refractivity contribution in [1.29, 1.82) is 0 Å². The molecule has 1 aliphatic rings. The van der Waals surface area contributed by atoms with Crippen molar-refractivity contribution in [2.75, 3.05) is 25.9 Å². The molecule has 2 amide bonds. The van der Waals surface area contributed by atoms with Crippen molar-refractivity contribution in [1.82, 2.24) is 10.2 Å². The highest BCUT2D eigenvalue weighted by Gasteiger charge is 2.24. The zero-order valence-electron chi connectivity index (χ0n) is 9.71. The maximum Gasteiger partial charge on any atom is 0.317 e. The fourth-order valence-electron chi connectivity index (χ4n) is 1.97. The molecule has 1 radical (unpaired) electrons. The molecular formula is C10H20BrN2O2Si.